The summed E-state index contributed by atoms with van der Waals surface area (Å²) in [7, 11) is 0. The SMILES string of the molecule is O=C(Nc1cc(Cl)ccn1)c1c(-c2ccncc2)c2ccc1o2. The molecule has 0 unspecified atom stereocenters. The highest BCUT2D eigenvalue weighted by Gasteiger charge is 2.24. The van der Waals surface area contributed by atoms with Crippen molar-refractivity contribution in [1.82, 2.24) is 9.97 Å². The van der Waals surface area contributed by atoms with Gasteiger partial charge in [0, 0.05) is 29.2 Å². The molecule has 1 amide bonds. The number of fused-ring (bicyclic) bond motifs is 2. The molecule has 0 saturated carbocycles. The maximum absolute atomic E-state index is 12.7. The summed E-state index contributed by atoms with van der Waals surface area (Å²) in [4.78, 5) is 20.8. The van der Waals surface area contributed by atoms with Gasteiger partial charge in [-0.25, -0.2) is 4.98 Å². The number of aromatic nitrogens is 2. The number of amides is 1. The fraction of sp³-hybridized carbons (Fsp3) is 0. The van der Waals surface area contributed by atoms with Crippen LogP contribution in [0.5, 0.6) is 0 Å². The van der Waals surface area contributed by atoms with Crippen LogP contribution in [-0.2, 0) is 0 Å². The molecular weight excluding hydrogens is 314 g/mol. The minimum Gasteiger partial charge on any atom is -0.456 e. The third kappa shape index (κ3) is 2.41. The summed E-state index contributed by atoms with van der Waals surface area (Å²) in [5, 5.41) is 3.26. The number of hydrogen-bond acceptors (Lipinski definition) is 4. The number of nitrogens with one attached hydrogen (secondary N) is 1. The van der Waals surface area contributed by atoms with Crippen molar-refractivity contribution in [3.05, 3.63) is 65.6 Å². The fourth-order valence-corrected chi connectivity index (χ4v) is 2.70. The highest BCUT2D eigenvalue weighted by Crippen LogP contribution is 2.37. The highest BCUT2D eigenvalue weighted by molar-refractivity contribution is 6.30. The summed E-state index contributed by atoms with van der Waals surface area (Å²) >= 11 is 5.92. The van der Waals surface area contributed by atoms with E-state index in [4.69, 9.17) is 16.0 Å². The molecule has 6 heteroatoms. The van der Waals surface area contributed by atoms with Crippen LogP contribution in [0, 0.1) is 0 Å². The van der Waals surface area contributed by atoms with E-state index in [1.165, 1.54) is 6.20 Å². The zero-order chi connectivity index (χ0) is 15.8. The van der Waals surface area contributed by atoms with Crippen molar-refractivity contribution in [1.29, 1.82) is 0 Å². The molecule has 23 heavy (non-hydrogen) atoms. The molecule has 0 radical (unpaired) electrons. The van der Waals surface area contributed by atoms with E-state index in [9.17, 15) is 4.79 Å². The van der Waals surface area contributed by atoms with Crippen molar-refractivity contribution in [2.24, 2.45) is 0 Å². The number of rotatable bonds is 3. The smallest absolute Gasteiger partial charge is 0.261 e. The van der Waals surface area contributed by atoms with Gasteiger partial charge in [-0.1, -0.05) is 11.6 Å². The van der Waals surface area contributed by atoms with Crippen LogP contribution in [0.15, 0.2) is 59.4 Å². The van der Waals surface area contributed by atoms with Gasteiger partial charge >= 0.3 is 0 Å². The molecule has 4 rings (SSSR count). The molecule has 4 heterocycles. The van der Waals surface area contributed by atoms with Crippen LogP contribution in [0.25, 0.3) is 22.3 Å². The summed E-state index contributed by atoms with van der Waals surface area (Å²) in [5.41, 5.74) is 3.31. The van der Waals surface area contributed by atoms with Crippen LogP contribution in [-0.4, -0.2) is 15.9 Å². The van der Waals surface area contributed by atoms with Gasteiger partial charge in [0.25, 0.3) is 5.91 Å². The number of halogens is 1. The molecule has 1 N–H and O–H groups in total. The second-order valence-electron chi connectivity index (χ2n) is 4.96. The van der Waals surface area contributed by atoms with Crippen molar-refractivity contribution in [2.75, 3.05) is 5.32 Å². The van der Waals surface area contributed by atoms with Gasteiger partial charge in [-0.2, -0.15) is 0 Å². The Kier molecular flexibility index (Phi) is 3.20. The lowest BCUT2D eigenvalue weighted by atomic mass is 10.0. The normalized spacial score (nSPS) is 11.0. The van der Waals surface area contributed by atoms with Crippen LogP contribution in [0.4, 0.5) is 5.82 Å². The molecule has 0 fully saturated rings. The average Bonchev–Trinajstić information content (AvgIpc) is 3.16. The number of pyridine rings is 2. The average molecular weight is 324 g/mol. The Labute approximate surface area is 136 Å². The zero-order valence-corrected chi connectivity index (χ0v) is 12.5. The van der Waals surface area contributed by atoms with Crippen LogP contribution >= 0.6 is 11.6 Å². The summed E-state index contributed by atoms with van der Waals surface area (Å²) in [6.45, 7) is 0. The lowest BCUT2D eigenvalue weighted by Crippen LogP contribution is -2.13. The van der Waals surface area contributed by atoms with Crippen LogP contribution in [0.2, 0.25) is 5.02 Å². The first-order chi connectivity index (χ1) is 11.2. The first kappa shape index (κ1) is 13.7. The third-order valence-corrected chi connectivity index (χ3v) is 3.74. The van der Waals surface area contributed by atoms with E-state index < -0.39 is 0 Å². The van der Waals surface area contributed by atoms with Crippen molar-refractivity contribution in [3.8, 4) is 11.1 Å². The molecule has 0 aliphatic carbocycles. The van der Waals surface area contributed by atoms with Gasteiger partial charge in [0.2, 0.25) is 0 Å². The van der Waals surface area contributed by atoms with Gasteiger partial charge in [-0.05, 0) is 42.0 Å². The van der Waals surface area contributed by atoms with Gasteiger partial charge in [-0.15, -0.1) is 0 Å². The van der Waals surface area contributed by atoms with E-state index in [2.05, 4.69) is 15.3 Å². The monoisotopic (exact) mass is 323 g/mol. The van der Waals surface area contributed by atoms with Gasteiger partial charge in [0.05, 0.1) is 5.56 Å². The van der Waals surface area contributed by atoms with Crippen LogP contribution in [0.1, 0.15) is 10.4 Å². The molecule has 112 valence electrons. The number of carbonyl (C=O) groups excluding carboxylic acids is 1. The first-order valence-corrected chi connectivity index (χ1v) is 7.28. The Morgan fingerprint density at radius 3 is 2.61 bits per heavy atom. The minimum absolute atomic E-state index is 0.291. The lowest BCUT2D eigenvalue weighted by Gasteiger charge is -2.07. The first-order valence-electron chi connectivity index (χ1n) is 6.90. The summed E-state index contributed by atoms with van der Waals surface area (Å²) < 4.78 is 5.65. The number of carbonyl (C=O) groups is 1. The fourth-order valence-electron chi connectivity index (χ4n) is 2.54. The molecule has 0 atom stereocenters. The molecule has 0 aliphatic heterocycles. The van der Waals surface area contributed by atoms with Gasteiger partial charge in [0.1, 0.15) is 17.0 Å². The number of benzene rings is 1. The molecule has 2 bridgehead atoms. The number of hydrogen-bond donors (Lipinski definition) is 1. The van der Waals surface area contributed by atoms with E-state index in [0.29, 0.717) is 27.6 Å². The zero-order valence-electron chi connectivity index (χ0n) is 11.8. The van der Waals surface area contributed by atoms with Crippen LogP contribution < -0.4 is 5.32 Å². The Morgan fingerprint density at radius 1 is 1.04 bits per heavy atom. The van der Waals surface area contributed by atoms with Crippen molar-refractivity contribution in [3.63, 3.8) is 0 Å². The minimum atomic E-state index is -0.291. The highest BCUT2D eigenvalue weighted by atomic mass is 35.5. The topological polar surface area (TPSA) is 68.0 Å². The molecule has 5 nitrogen and oxygen atoms in total. The van der Waals surface area contributed by atoms with E-state index in [-0.39, 0.29) is 5.91 Å². The van der Waals surface area contributed by atoms with Gasteiger partial charge in [-0.3, -0.25) is 9.78 Å². The van der Waals surface area contributed by atoms with Crippen molar-refractivity contribution >= 4 is 34.5 Å². The second kappa shape index (κ2) is 5.37. The number of furan rings is 2. The Hall–Kier alpha value is -2.92. The molecule has 0 spiro atoms. The quantitative estimate of drug-likeness (QED) is 0.612. The van der Waals surface area contributed by atoms with E-state index >= 15 is 0 Å². The van der Waals surface area contributed by atoms with E-state index in [1.54, 1.807) is 30.6 Å². The summed E-state index contributed by atoms with van der Waals surface area (Å²) in [6.07, 6.45) is 4.89. The van der Waals surface area contributed by atoms with E-state index in [1.807, 2.05) is 18.2 Å². The predicted octanol–water partition coefficient (Wildman–Crippen LogP) is 4.23. The summed E-state index contributed by atoms with van der Waals surface area (Å²) in [5.74, 6) is 0.0994. The van der Waals surface area contributed by atoms with Gasteiger partial charge < -0.3 is 9.73 Å². The Morgan fingerprint density at radius 2 is 1.83 bits per heavy atom. The molecular formula is C17H10ClN3O2. The summed E-state index contributed by atoms with van der Waals surface area (Å²) in [6, 6.07) is 10.5. The maximum atomic E-state index is 12.7. The van der Waals surface area contributed by atoms with Gasteiger partial charge in [0.15, 0.2) is 0 Å². The number of anilines is 1. The maximum Gasteiger partial charge on any atom is 0.261 e. The number of nitrogens with zero attached hydrogens (tertiary/aromatic N) is 2. The van der Waals surface area contributed by atoms with Crippen molar-refractivity contribution in [2.45, 2.75) is 0 Å². The molecule has 0 aromatic carbocycles. The van der Waals surface area contributed by atoms with Crippen LogP contribution in [0.3, 0.4) is 0 Å². The largest absolute Gasteiger partial charge is 0.456 e. The molecule has 4 aromatic rings. The van der Waals surface area contributed by atoms with E-state index in [0.717, 1.165) is 11.1 Å². The third-order valence-electron chi connectivity index (χ3n) is 3.51. The molecule has 4 aromatic heterocycles. The lowest BCUT2D eigenvalue weighted by molar-refractivity contribution is 0.102. The second-order valence-corrected chi connectivity index (χ2v) is 5.40. The Bertz CT molecular complexity index is 982. The molecule has 0 saturated heterocycles. The molecule has 0 aliphatic rings. The van der Waals surface area contributed by atoms with Crippen molar-refractivity contribution < 1.29 is 9.21 Å². The Balaban J connectivity index is 1.76. The predicted molar refractivity (Wildman–Crippen MR) is 87.8 cm³/mol. The standard InChI is InChI=1S/C17H10ClN3O2/c18-11-5-8-20-14(9-11)21-17(22)16-13-2-1-12(23-13)15(16)10-3-6-19-7-4-10/h1-9H,(H,20,21,22).